The van der Waals surface area contributed by atoms with Crippen LogP contribution in [0.25, 0.3) is 0 Å². The molecule has 0 radical (unpaired) electrons. The van der Waals surface area contributed by atoms with E-state index in [2.05, 4.69) is 55.6 Å². The van der Waals surface area contributed by atoms with Crippen LogP contribution >= 0.6 is 0 Å². The predicted molar refractivity (Wildman–Crippen MR) is 310 cm³/mol. The Kier molecular flexibility index (Phi) is 59.0. The summed E-state index contributed by atoms with van der Waals surface area (Å²) in [5, 5.41) is 23.3. The van der Waals surface area contributed by atoms with Gasteiger partial charge in [-0.25, -0.2) is 0 Å². The van der Waals surface area contributed by atoms with E-state index >= 15 is 0 Å². The lowest BCUT2D eigenvalue weighted by atomic mass is 10.0. The molecule has 0 aliphatic carbocycles. The molecule has 0 spiro atoms. The number of rotatable bonds is 59. The van der Waals surface area contributed by atoms with E-state index in [0.717, 1.165) is 51.4 Å². The normalized spacial score (nSPS) is 12.8. The second kappa shape index (κ2) is 60.6. The molecular formula is C65H123NO5. The number of carbonyl (C=O) groups is 2. The van der Waals surface area contributed by atoms with Crippen molar-refractivity contribution in [3.63, 3.8) is 0 Å². The van der Waals surface area contributed by atoms with Crippen LogP contribution in [0, 0.1) is 0 Å². The van der Waals surface area contributed by atoms with E-state index in [-0.39, 0.29) is 18.5 Å². The summed E-state index contributed by atoms with van der Waals surface area (Å²) >= 11 is 0. The van der Waals surface area contributed by atoms with Crippen molar-refractivity contribution in [2.75, 3.05) is 13.2 Å². The Morgan fingerprint density at radius 2 is 0.704 bits per heavy atom. The van der Waals surface area contributed by atoms with Crippen LogP contribution in [0.5, 0.6) is 0 Å². The highest BCUT2D eigenvalue weighted by molar-refractivity contribution is 5.76. The zero-order valence-electron chi connectivity index (χ0n) is 47.7. The number of aliphatic hydroxyl groups is 2. The fourth-order valence-corrected chi connectivity index (χ4v) is 9.78. The van der Waals surface area contributed by atoms with E-state index < -0.39 is 12.1 Å². The lowest BCUT2D eigenvalue weighted by Crippen LogP contribution is -2.45. The highest BCUT2D eigenvalue weighted by atomic mass is 16.5. The van der Waals surface area contributed by atoms with Gasteiger partial charge in [0.25, 0.3) is 0 Å². The summed E-state index contributed by atoms with van der Waals surface area (Å²) in [4.78, 5) is 24.6. The smallest absolute Gasteiger partial charge is 0.305 e. The minimum Gasteiger partial charge on any atom is -0.466 e. The molecule has 418 valence electrons. The van der Waals surface area contributed by atoms with Crippen LogP contribution in [-0.4, -0.2) is 47.4 Å². The number of esters is 1. The molecule has 0 aromatic carbocycles. The third-order valence-corrected chi connectivity index (χ3v) is 14.7. The standard InChI is InChI=1S/C65H123NO5/c1-3-5-7-9-11-13-15-17-19-21-23-27-31-35-39-43-47-51-55-59-65(70)71-60-56-52-48-44-40-36-32-28-25-22-24-26-30-34-38-42-46-50-54-58-64(69)66-62(61-67)63(68)57-53-49-45-41-37-33-29-20-18-16-14-12-10-8-6-4-2/h11,13,17,19,22,24,62-63,67-68H,3-10,12,14-16,18,20-21,23,25-61H2,1-2H3,(H,66,69)/b13-11-,19-17-,24-22-. The molecule has 6 heteroatoms. The van der Waals surface area contributed by atoms with Gasteiger partial charge in [-0.2, -0.15) is 0 Å². The van der Waals surface area contributed by atoms with Gasteiger partial charge in [0, 0.05) is 12.8 Å². The highest BCUT2D eigenvalue weighted by Crippen LogP contribution is 2.17. The zero-order chi connectivity index (χ0) is 51.4. The predicted octanol–water partition coefficient (Wildman–Crippen LogP) is 20.0. The van der Waals surface area contributed by atoms with Gasteiger partial charge >= 0.3 is 5.97 Å². The summed E-state index contributed by atoms with van der Waals surface area (Å²) in [7, 11) is 0. The first-order valence-corrected chi connectivity index (χ1v) is 31.7. The Morgan fingerprint density at radius 1 is 0.394 bits per heavy atom. The Bertz CT molecular complexity index is 1150. The van der Waals surface area contributed by atoms with Gasteiger partial charge in [0.15, 0.2) is 0 Å². The van der Waals surface area contributed by atoms with Gasteiger partial charge in [0.1, 0.15) is 0 Å². The number of unbranched alkanes of at least 4 members (excludes halogenated alkanes) is 42. The summed E-state index contributed by atoms with van der Waals surface area (Å²) in [5.74, 6) is -0.0425. The molecule has 2 unspecified atom stereocenters. The molecule has 0 saturated heterocycles. The Balaban J connectivity index is 3.43. The zero-order valence-corrected chi connectivity index (χ0v) is 47.7. The van der Waals surface area contributed by atoms with E-state index in [1.807, 2.05) is 0 Å². The molecule has 0 aliphatic heterocycles. The van der Waals surface area contributed by atoms with Crippen molar-refractivity contribution in [2.24, 2.45) is 0 Å². The molecule has 0 aromatic rings. The Morgan fingerprint density at radius 3 is 1.11 bits per heavy atom. The number of aliphatic hydroxyl groups excluding tert-OH is 2. The molecule has 1 amide bonds. The molecule has 0 fully saturated rings. The summed E-state index contributed by atoms with van der Waals surface area (Å²) in [5.41, 5.74) is 0. The number of carbonyl (C=O) groups excluding carboxylic acids is 2. The van der Waals surface area contributed by atoms with E-state index in [1.54, 1.807) is 0 Å². The largest absolute Gasteiger partial charge is 0.466 e. The van der Waals surface area contributed by atoms with Gasteiger partial charge in [-0.3, -0.25) is 9.59 Å². The fraction of sp³-hybridized carbons (Fsp3) is 0.877. The van der Waals surface area contributed by atoms with Crippen LogP contribution in [0.3, 0.4) is 0 Å². The molecule has 0 saturated carbocycles. The molecule has 71 heavy (non-hydrogen) atoms. The second-order valence-corrected chi connectivity index (χ2v) is 21.7. The SMILES string of the molecule is CCCCC/C=C\C/C=C\CCCCCCCCCCCC(=O)OCCCCCCCCCC/C=C\CCCCCCCCCC(=O)NC(CO)C(O)CCCCCCCCCCCCCCCCCC. The number of allylic oxidation sites excluding steroid dienone is 6. The molecular weight excluding hydrogens is 875 g/mol. The van der Waals surface area contributed by atoms with Crippen LogP contribution in [0.15, 0.2) is 36.5 Å². The van der Waals surface area contributed by atoms with Crippen LogP contribution in [0.4, 0.5) is 0 Å². The first-order chi connectivity index (χ1) is 35.0. The third kappa shape index (κ3) is 57.2. The number of ether oxygens (including phenoxy) is 1. The molecule has 3 N–H and O–H groups in total. The molecule has 0 heterocycles. The lowest BCUT2D eigenvalue weighted by molar-refractivity contribution is -0.143. The van der Waals surface area contributed by atoms with Crippen LogP contribution in [0.1, 0.15) is 341 Å². The quantitative estimate of drug-likeness (QED) is 0.0321. The van der Waals surface area contributed by atoms with Gasteiger partial charge < -0.3 is 20.3 Å². The summed E-state index contributed by atoms with van der Waals surface area (Å²) in [6.45, 7) is 4.93. The van der Waals surface area contributed by atoms with Crippen molar-refractivity contribution in [2.45, 2.75) is 353 Å². The maximum absolute atomic E-state index is 12.5. The maximum atomic E-state index is 12.5. The van der Waals surface area contributed by atoms with E-state index in [0.29, 0.717) is 25.9 Å². The average Bonchev–Trinajstić information content (AvgIpc) is 3.37. The first kappa shape index (κ1) is 69.1. The molecule has 0 bridgehead atoms. The summed E-state index contributed by atoms with van der Waals surface area (Å²) in [6, 6.07) is -0.549. The minimum atomic E-state index is -0.671. The number of hydrogen-bond donors (Lipinski definition) is 3. The topological polar surface area (TPSA) is 95.9 Å². The second-order valence-electron chi connectivity index (χ2n) is 21.7. The third-order valence-electron chi connectivity index (χ3n) is 14.7. The Labute approximate surface area is 443 Å². The molecule has 0 aliphatic rings. The van der Waals surface area contributed by atoms with E-state index in [9.17, 15) is 19.8 Å². The van der Waals surface area contributed by atoms with Crippen molar-refractivity contribution in [1.82, 2.24) is 5.32 Å². The van der Waals surface area contributed by atoms with Gasteiger partial charge in [-0.15, -0.1) is 0 Å². The van der Waals surface area contributed by atoms with Gasteiger partial charge in [-0.1, -0.05) is 281 Å². The van der Waals surface area contributed by atoms with Gasteiger partial charge in [-0.05, 0) is 83.5 Å². The van der Waals surface area contributed by atoms with Gasteiger partial charge in [0.05, 0.1) is 25.4 Å². The van der Waals surface area contributed by atoms with Crippen LogP contribution < -0.4 is 5.32 Å². The fourth-order valence-electron chi connectivity index (χ4n) is 9.78. The van der Waals surface area contributed by atoms with Crippen molar-refractivity contribution in [3.05, 3.63) is 36.5 Å². The monoisotopic (exact) mass is 998 g/mol. The maximum Gasteiger partial charge on any atom is 0.305 e. The van der Waals surface area contributed by atoms with Gasteiger partial charge in [0.2, 0.25) is 5.91 Å². The van der Waals surface area contributed by atoms with Crippen molar-refractivity contribution in [3.8, 4) is 0 Å². The number of amides is 1. The van der Waals surface area contributed by atoms with Crippen LogP contribution in [0.2, 0.25) is 0 Å². The summed E-state index contributed by atoms with van der Waals surface area (Å²) in [6.07, 6.45) is 75.8. The van der Waals surface area contributed by atoms with Crippen molar-refractivity contribution in [1.29, 1.82) is 0 Å². The molecule has 2 atom stereocenters. The molecule has 6 nitrogen and oxygen atoms in total. The number of nitrogens with one attached hydrogen (secondary N) is 1. The van der Waals surface area contributed by atoms with E-state index in [4.69, 9.17) is 4.74 Å². The molecule has 0 rings (SSSR count). The molecule has 0 aromatic heterocycles. The Hall–Kier alpha value is -1.92. The van der Waals surface area contributed by atoms with Crippen molar-refractivity contribution < 1.29 is 24.5 Å². The van der Waals surface area contributed by atoms with Crippen molar-refractivity contribution >= 4 is 11.9 Å². The first-order valence-electron chi connectivity index (χ1n) is 31.7. The highest BCUT2D eigenvalue weighted by Gasteiger charge is 2.20. The van der Waals surface area contributed by atoms with E-state index in [1.165, 1.54) is 257 Å². The lowest BCUT2D eigenvalue weighted by Gasteiger charge is -2.22. The number of hydrogen-bond acceptors (Lipinski definition) is 5. The van der Waals surface area contributed by atoms with Crippen LogP contribution in [-0.2, 0) is 14.3 Å². The summed E-state index contributed by atoms with van der Waals surface area (Å²) < 4.78 is 5.49. The minimum absolute atomic E-state index is 0.000487. The average molecular weight is 999 g/mol.